The summed E-state index contributed by atoms with van der Waals surface area (Å²) in [4.78, 5) is 24.8. The molecule has 0 N–H and O–H groups in total. The molecule has 1 aliphatic heterocycles. The van der Waals surface area contributed by atoms with Crippen molar-refractivity contribution in [2.45, 2.75) is 19.9 Å². The van der Waals surface area contributed by atoms with Gasteiger partial charge < -0.3 is 14.3 Å². The predicted octanol–water partition coefficient (Wildman–Crippen LogP) is 2.59. The molecule has 3 rings (SSSR count). The third-order valence-electron chi connectivity index (χ3n) is 3.79. The molecular formula is C18H14NO4S2-. The summed E-state index contributed by atoms with van der Waals surface area (Å²) in [5.41, 5.74) is 2.09. The van der Waals surface area contributed by atoms with Gasteiger partial charge in [0.1, 0.15) is 15.8 Å². The van der Waals surface area contributed by atoms with Gasteiger partial charge in [0.2, 0.25) is 0 Å². The first-order valence-electron chi connectivity index (χ1n) is 7.51. The summed E-state index contributed by atoms with van der Waals surface area (Å²) in [6.45, 7) is 3.37. The summed E-state index contributed by atoms with van der Waals surface area (Å²) < 4.78 is 5.96. The lowest BCUT2D eigenvalue weighted by Crippen LogP contribution is -2.48. The van der Waals surface area contributed by atoms with Gasteiger partial charge in [-0.1, -0.05) is 53.8 Å². The van der Waals surface area contributed by atoms with Crippen LogP contribution in [-0.2, 0) is 9.59 Å². The maximum Gasteiger partial charge on any atom is 0.266 e. The lowest BCUT2D eigenvalue weighted by molar-refractivity contribution is -0.309. The SMILES string of the molecule is Cc1ccc(-c2ccc(/C=C3/SC(=S)N([C@H](C)C(=O)[O-])C3=O)o2)cc1. The molecule has 5 nitrogen and oxygen atoms in total. The normalized spacial score (nSPS) is 17.4. The molecule has 0 unspecified atom stereocenters. The number of furan rings is 1. The zero-order chi connectivity index (χ0) is 18.1. The summed E-state index contributed by atoms with van der Waals surface area (Å²) >= 11 is 6.15. The Morgan fingerprint density at radius 2 is 1.96 bits per heavy atom. The molecule has 1 aromatic carbocycles. The van der Waals surface area contributed by atoms with Crippen LogP contribution < -0.4 is 5.11 Å². The summed E-state index contributed by atoms with van der Waals surface area (Å²) in [5, 5.41) is 11.0. The Morgan fingerprint density at radius 1 is 1.28 bits per heavy atom. The van der Waals surface area contributed by atoms with Crippen molar-refractivity contribution in [3.63, 3.8) is 0 Å². The zero-order valence-electron chi connectivity index (χ0n) is 13.5. The number of amides is 1. The molecule has 0 aliphatic carbocycles. The van der Waals surface area contributed by atoms with Gasteiger partial charge in [0.25, 0.3) is 5.91 Å². The molecule has 1 saturated heterocycles. The minimum Gasteiger partial charge on any atom is -0.548 e. The molecule has 2 heterocycles. The number of nitrogens with zero attached hydrogens (tertiary/aromatic N) is 1. The average Bonchev–Trinajstić information content (AvgIpc) is 3.13. The molecule has 1 amide bonds. The van der Waals surface area contributed by atoms with Crippen LogP contribution in [0.3, 0.4) is 0 Å². The number of carbonyl (C=O) groups is 2. The van der Waals surface area contributed by atoms with E-state index < -0.39 is 17.9 Å². The van der Waals surface area contributed by atoms with Crippen LogP contribution in [0.1, 0.15) is 18.2 Å². The first-order valence-corrected chi connectivity index (χ1v) is 8.74. The van der Waals surface area contributed by atoms with Crippen LogP contribution in [-0.4, -0.2) is 27.1 Å². The van der Waals surface area contributed by atoms with Crippen molar-refractivity contribution < 1.29 is 19.1 Å². The number of carboxylic acid groups (broad SMARTS) is 1. The van der Waals surface area contributed by atoms with Gasteiger partial charge in [-0.3, -0.25) is 9.69 Å². The first-order chi connectivity index (χ1) is 11.9. The quantitative estimate of drug-likeness (QED) is 0.607. The van der Waals surface area contributed by atoms with Crippen LogP contribution in [0.4, 0.5) is 0 Å². The van der Waals surface area contributed by atoms with E-state index in [0.717, 1.165) is 27.8 Å². The van der Waals surface area contributed by atoms with E-state index in [1.165, 1.54) is 6.92 Å². The van der Waals surface area contributed by atoms with E-state index in [2.05, 4.69) is 0 Å². The molecule has 7 heteroatoms. The molecule has 0 saturated carbocycles. The van der Waals surface area contributed by atoms with E-state index in [9.17, 15) is 14.7 Å². The molecule has 0 bridgehead atoms. The average molecular weight is 372 g/mol. The van der Waals surface area contributed by atoms with Crippen LogP contribution in [0.5, 0.6) is 0 Å². The number of carboxylic acids is 1. The topological polar surface area (TPSA) is 73.6 Å². The number of thiocarbonyl (C=S) groups is 1. The van der Waals surface area contributed by atoms with Gasteiger partial charge in [-0.2, -0.15) is 0 Å². The van der Waals surface area contributed by atoms with Gasteiger partial charge in [-0.15, -0.1) is 0 Å². The number of hydrogen-bond acceptors (Lipinski definition) is 6. The van der Waals surface area contributed by atoms with Crippen LogP contribution in [0.2, 0.25) is 0 Å². The molecule has 2 aromatic rings. The molecule has 128 valence electrons. The summed E-state index contributed by atoms with van der Waals surface area (Å²) in [6.07, 6.45) is 1.57. The van der Waals surface area contributed by atoms with Gasteiger partial charge in [0.15, 0.2) is 0 Å². The number of thioether (sulfide) groups is 1. The van der Waals surface area contributed by atoms with Crippen molar-refractivity contribution >= 4 is 46.3 Å². The van der Waals surface area contributed by atoms with E-state index in [1.807, 2.05) is 37.3 Å². The van der Waals surface area contributed by atoms with Crippen molar-refractivity contribution in [1.29, 1.82) is 0 Å². The van der Waals surface area contributed by atoms with E-state index >= 15 is 0 Å². The van der Waals surface area contributed by atoms with E-state index in [-0.39, 0.29) is 4.32 Å². The van der Waals surface area contributed by atoms with Gasteiger partial charge in [-0.25, -0.2) is 0 Å². The molecule has 1 fully saturated rings. The molecule has 1 atom stereocenters. The number of benzene rings is 1. The molecule has 1 aliphatic rings. The lowest BCUT2D eigenvalue weighted by atomic mass is 10.1. The minimum absolute atomic E-state index is 0.193. The monoisotopic (exact) mass is 372 g/mol. The second-order valence-electron chi connectivity index (χ2n) is 5.61. The van der Waals surface area contributed by atoms with E-state index in [1.54, 1.807) is 12.1 Å². The Bertz CT molecular complexity index is 883. The van der Waals surface area contributed by atoms with Crippen LogP contribution in [0.25, 0.3) is 17.4 Å². The van der Waals surface area contributed by atoms with E-state index in [4.69, 9.17) is 16.6 Å². The lowest BCUT2D eigenvalue weighted by Gasteiger charge is -2.23. The third kappa shape index (κ3) is 3.52. The molecule has 0 spiro atoms. The Hall–Kier alpha value is -2.38. The van der Waals surface area contributed by atoms with Crippen LogP contribution >= 0.6 is 24.0 Å². The highest BCUT2D eigenvalue weighted by Crippen LogP contribution is 2.34. The Morgan fingerprint density at radius 3 is 2.60 bits per heavy atom. The van der Waals surface area contributed by atoms with Crippen molar-refractivity contribution in [2.24, 2.45) is 0 Å². The number of aliphatic carboxylic acids is 1. The fourth-order valence-electron chi connectivity index (χ4n) is 2.35. The number of aryl methyl sites for hydroxylation is 1. The fraction of sp³-hybridized carbons (Fsp3) is 0.167. The highest BCUT2D eigenvalue weighted by molar-refractivity contribution is 8.26. The van der Waals surface area contributed by atoms with E-state index in [0.29, 0.717) is 16.4 Å². The summed E-state index contributed by atoms with van der Waals surface area (Å²) in [5.74, 6) is -0.626. The maximum atomic E-state index is 12.4. The minimum atomic E-state index is -1.35. The van der Waals surface area contributed by atoms with Crippen molar-refractivity contribution in [2.75, 3.05) is 0 Å². The first kappa shape index (κ1) is 17.4. The molecule has 0 radical (unpaired) electrons. The van der Waals surface area contributed by atoms with Gasteiger partial charge in [0, 0.05) is 11.6 Å². The smallest absolute Gasteiger partial charge is 0.266 e. The standard InChI is InChI=1S/C18H15NO4S2/c1-10-3-5-12(6-4-10)14-8-7-13(23-14)9-15-16(20)19(18(24)25-15)11(2)17(21)22/h3-9,11H,1-2H3,(H,21,22)/p-1/b15-9+/t11-/m1/s1. The highest BCUT2D eigenvalue weighted by atomic mass is 32.2. The number of carbonyl (C=O) groups excluding carboxylic acids is 2. The van der Waals surface area contributed by atoms with Gasteiger partial charge in [0.05, 0.1) is 16.9 Å². The maximum absolute atomic E-state index is 12.4. The summed E-state index contributed by atoms with van der Waals surface area (Å²) in [7, 11) is 0. The highest BCUT2D eigenvalue weighted by Gasteiger charge is 2.36. The molecular weight excluding hydrogens is 358 g/mol. The van der Waals surface area contributed by atoms with Crippen LogP contribution in [0, 0.1) is 6.92 Å². The predicted molar refractivity (Wildman–Crippen MR) is 98.4 cm³/mol. The Kier molecular flexibility index (Phi) is 4.78. The van der Waals surface area contributed by atoms with Gasteiger partial charge in [-0.05, 0) is 26.0 Å². The van der Waals surface area contributed by atoms with Crippen molar-refractivity contribution in [3.05, 3.63) is 52.6 Å². The zero-order valence-corrected chi connectivity index (χ0v) is 15.1. The third-order valence-corrected chi connectivity index (χ3v) is 5.12. The Balaban J connectivity index is 1.84. The summed E-state index contributed by atoms with van der Waals surface area (Å²) in [6, 6.07) is 10.4. The largest absolute Gasteiger partial charge is 0.548 e. The fourth-order valence-corrected chi connectivity index (χ4v) is 3.75. The van der Waals surface area contributed by atoms with Crippen molar-refractivity contribution in [3.8, 4) is 11.3 Å². The van der Waals surface area contributed by atoms with Crippen molar-refractivity contribution in [1.82, 2.24) is 4.90 Å². The Labute approximate surface area is 154 Å². The van der Waals surface area contributed by atoms with Crippen LogP contribution in [0.15, 0.2) is 45.7 Å². The molecule has 1 aromatic heterocycles. The number of rotatable bonds is 4. The van der Waals surface area contributed by atoms with Gasteiger partial charge >= 0.3 is 0 Å². The molecule has 25 heavy (non-hydrogen) atoms. The second-order valence-corrected chi connectivity index (χ2v) is 7.29. The second kappa shape index (κ2) is 6.85. The number of hydrogen-bond donors (Lipinski definition) is 0.